The van der Waals surface area contributed by atoms with Gasteiger partial charge in [0.25, 0.3) is 0 Å². The van der Waals surface area contributed by atoms with Crippen LogP contribution in [0.5, 0.6) is 0 Å². The Morgan fingerprint density at radius 1 is 1.14 bits per heavy atom. The summed E-state index contributed by atoms with van der Waals surface area (Å²) in [6.45, 7) is 15.4. The van der Waals surface area contributed by atoms with Crippen LogP contribution in [-0.2, 0) is 14.3 Å². The van der Waals surface area contributed by atoms with Gasteiger partial charge >= 0.3 is 12.1 Å². The monoisotopic (exact) mass is 299 g/mol. The zero-order valence-electron chi connectivity index (χ0n) is 14.2. The molecule has 5 nitrogen and oxygen atoms in total. The van der Waals surface area contributed by atoms with Crippen molar-refractivity contribution in [1.82, 2.24) is 5.32 Å². The molecule has 0 saturated carbocycles. The third kappa shape index (κ3) is 7.73. The molecule has 0 fully saturated rings. The van der Waals surface area contributed by atoms with E-state index in [1.54, 1.807) is 13.8 Å². The summed E-state index contributed by atoms with van der Waals surface area (Å²) in [5.74, 6) is -0.457. The predicted molar refractivity (Wildman–Crippen MR) is 83.0 cm³/mol. The number of nitrogens with one attached hydrogen (secondary N) is 1. The molecule has 0 spiro atoms. The molecule has 0 bridgehead atoms. The lowest BCUT2D eigenvalue weighted by Crippen LogP contribution is -2.52. The van der Waals surface area contributed by atoms with Gasteiger partial charge in [-0.1, -0.05) is 33.8 Å². The van der Waals surface area contributed by atoms with E-state index in [1.807, 2.05) is 6.92 Å². The minimum atomic E-state index is -0.684. The van der Waals surface area contributed by atoms with Crippen molar-refractivity contribution in [2.45, 2.75) is 59.9 Å². The molecule has 1 amide bonds. The van der Waals surface area contributed by atoms with Crippen LogP contribution >= 0.6 is 0 Å². The standard InChI is InChI=1S/C16H29NO4/c1-8-15(5,6)10-16(7,17-14(19)20-9-2)11-21-13(18)12(3)4/h3,8-11H2,1-2,4-7H3,(H,17,19). The van der Waals surface area contributed by atoms with E-state index in [-0.39, 0.29) is 12.0 Å². The van der Waals surface area contributed by atoms with Gasteiger partial charge in [0.2, 0.25) is 0 Å². The maximum Gasteiger partial charge on any atom is 0.407 e. The Labute approximate surface area is 128 Å². The molecule has 1 atom stereocenters. The smallest absolute Gasteiger partial charge is 0.407 e. The fourth-order valence-electron chi connectivity index (χ4n) is 2.07. The molecular weight excluding hydrogens is 270 g/mol. The zero-order valence-corrected chi connectivity index (χ0v) is 14.2. The molecule has 0 rings (SSSR count). The van der Waals surface area contributed by atoms with E-state index < -0.39 is 17.6 Å². The third-order valence-corrected chi connectivity index (χ3v) is 3.38. The molecule has 0 radical (unpaired) electrons. The molecule has 0 aliphatic rings. The lowest BCUT2D eigenvalue weighted by Gasteiger charge is -2.37. The molecule has 21 heavy (non-hydrogen) atoms. The highest BCUT2D eigenvalue weighted by Gasteiger charge is 2.35. The van der Waals surface area contributed by atoms with E-state index in [2.05, 4.69) is 32.7 Å². The molecule has 122 valence electrons. The van der Waals surface area contributed by atoms with Crippen LogP contribution in [0.15, 0.2) is 12.2 Å². The number of hydrogen-bond donors (Lipinski definition) is 1. The van der Waals surface area contributed by atoms with E-state index in [0.717, 1.165) is 6.42 Å². The van der Waals surface area contributed by atoms with Crippen LogP contribution in [0.3, 0.4) is 0 Å². The largest absolute Gasteiger partial charge is 0.460 e. The molecule has 5 heteroatoms. The first-order chi connectivity index (χ1) is 9.55. The summed E-state index contributed by atoms with van der Waals surface area (Å²) in [5.41, 5.74) is -0.343. The van der Waals surface area contributed by atoms with Crippen molar-refractivity contribution in [3.8, 4) is 0 Å². The van der Waals surface area contributed by atoms with E-state index in [4.69, 9.17) is 9.47 Å². The average molecular weight is 299 g/mol. The Balaban J connectivity index is 4.93. The van der Waals surface area contributed by atoms with Gasteiger partial charge in [-0.2, -0.15) is 0 Å². The van der Waals surface area contributed by atoms with E-state index in [1.165, 1.54) is 0 Å². The Morgan fingerprint density at radius 3 is 2.14 bits per heavy atom. The number of carbonyl (C=O) groups is 2. The normalized spacial score (nSPS) is 14.0. The van der Waals surface area contributed by atoms with Gasteiger partial charge in [0.1, 0.15) is 6.61 Å². The Hall–Kier alpha value is -1.52. The van der Waals surface area contributed by atoms with Gasteiger partial charge in [0, 0.05) is 5.57 Å². The summed E-state index contributed by atoms with van der Waals surface area (Å²) < 4.78 is 10.2. The van der Waals surface area contributed by atoms with Gasteiger partial charge in [-0.25, -0.2) is 9.59 Å². The maximum absolute atomic E-state index is 11.7. The van der Waals surface area contributed by atoms with Crippen LogP contribution < -0.4 is 5.32 Å². The number of ether oxygens (including phenoxy) is 2. The Kier molecular flexibility index (Phi) is 7.47. The Bertz CT molecular complexity index is 390. The first kappa shape index (κ1) is 19.5. The van der Waals surface area contributed by atoms with Gasteiger partial charge < -0.3 is 14.8 Å². The first-order valence-electron chi connectivity index (χ1n) is 7.33. The molecule has 1 unspecified atom stereocenters. The van der Waals surface area contributed by atoms with Crippen LogP contribution in [-0.4, -0.2) is 30.8 Å². The second-order valence-electron chi connectivity index (χ2n) is 6.46. The molecule has 0 aromatic rings. The summed E-state index contributed by atoms with van der Waals surface area (Å²) in [6, 6.07) is 0. The van der Waals surface area contributed by atoms with Crippen molar-refractivity contribution < 1.29 is 19.1 Å². The lowest BCUT2D eigenvalue weighted by molar-refractivity contribution is -0.141. The van der Waals surface area contributed by atoms with Gasteiger partial charge in [0.15, 0.2) is 0 Å². The van der Waals surface area contributed by atoms with Gasteiger partial charge in [-0.3, -0.25) is 0 Å². The third-order valence-electron chi connectivity index (χ3n) is 3.38. The highest BCUT2D eigenvalue weighted by atomic mass is 16.6. The van der Waals surface area contributed by atoms with E-state index >= 15 is 0 Å². The Morgan fingerprint density at radius 2 is 1.71 bits per heavy atom. The predicted octanol–water partition coefficient (Wildman–Crippen LogP) is 3.44. The number of rotatable bonds is 8. The first-order valence-corrected chi connectivity index (χ1v) is 7.33. The quantitative estimate of drug-likeness (QED) is 0.551. The highest BCUT2D eigenvalue weighted by Crippen LogP contribution is 2.31. The average Bonchev–Trinajstić information content (AvgIpc) is 2.35. The van der Waals surface area contributed by atoms with E-state index in [0.29, 0.717) is 18.6 Å². The molecule has 0 aromatic carbocycles. The zero-order chi connectivity index (χ0) is 16.7. The summed E-state index contributed by atoms with van der Waals surface area (Å²) in [4.78, 5) is 23.3. The highest BCUT2D eigenvalue weighted by molar-refractivity contribution is 5.87. The number of amides is 1. The summed E-state index contributed by atoms with van der Waals surface area (Å²) in [7, 11) is 0. The minimum Gasteiger partial charge on any atom is -0.460 e. The van der Waals surface area contributed by atoms with Crippen molar-refractivity contribution in [3.05, 3.63) is 12.2 Å². The fourth-order valence-corrected chi connectivity index (χ4v) is 2.07. The molecule has 0 aromatic heterocycles. The summed E-state index contributed by atoms with van der Waals surface area (Å²) in [6.07, 6.45) is 1.11. The molecular formula is C16H29NO4. The topological polar surface area (TPSA) is 64.6 Å². The lowest BCUT2D eigenvalue weighted by atomic mass is 9.77. The molecule has 1 N–H and O–H groups in total. The van der Waals surface area contributed by atoms with Crippen molar-refractivity contribution in [3.63, 3.8) is 0 Å². The molecule has 0 aliphatic heterocycles. The fraction of sp³-hybridized carbons (Fsp3) is 0.750. The summed E-state index contributed by atoms with van der Waals surface area (Å²) >= 11 is 0. The van der Waals surface area contributed by atoms with Gasteiger partial charge in [0.05, 0.1) is 12.1 Å². The number of esters is 1. The van der Waals surface area contributed by atoms with Gasteiger partial charge in [-0.05, 0) is 32.6 Å². The van der Waals surface area contributed by atoms with Crippen molar-refractivity contribution >= 4 is 12.1 Å². The number of alkyl carbamates (subject to hydrolysis) is 1. The van der Waals surface area contributed by atoms with Crippen LogP contribution in [0.2, 0.25) is 0 Å². The molecule has 0 heterocycles. The second kappa shape index (κ2) is 8.05. The van der Waals surface area contributed by atoms with Gasteiger partial charge in [-0.15, -0.1) is 0 Å². The van der Waals surface area contributed by atoms with E-state index in [9.17, 15) is 9.59 Å². The minimum absolute atomic E-state index is 0.00385. The van der Waals surface area contributed by atoms with Crippen molar-refractivity contribution in [2.24, 2.45) is 5.41 Å². The van der Waals surface area contributed by atoms with Crippen LogP contribution in [0.25, 0.3) is 0 Å². The van der Waals surface area contributed by atoms with Crippen LogP contribution in [0, 0.1) is 5.41 Å². The van der Waals surface area contributed by atoms with Crippen molar-refractivity contribution in [2.75, 3.05) is 13.2 Å². The SMILES string of the molecule is C=C(C)C(=O)OCC(C)(CC(C)(C)CC)NC(=O)OCC. The van der Waals surface area contributed by atoms with Crippen LogP contribution in [0.4, 0.5) is 4.79 Å². The van der Waals surface area contributed by atoms with Crippen molar-refractivity contribution in [1.29, 1.82) is 0 Å². The molecule has 0 aliphatic carbocycles. The second-order valence-corrected chi connectivity index (χ2v) is 6.46. The van der Waals surface area contributed by atoms with Crippen LogP contribution in [0.1, 0.15) is 54.4 Å². The molecule has 0 saturated heterocycles. The number of carbonyl (C=O) groups excluding carboxylic acids is 2. The number of hydrogen-bond acceptors (Lipinski definition) is 4. The summed E-state index contributed by atoms with van der Waals surface area (Å²) in [5, 5.41) is 2.81. The maximum atomic E-state index is 11.7.